The summed E-state index contributed by atoms with van der Waals surface area (Å²) in [6.45, 7) is 4.37. The van der Waals surface area contributed by atoms with Crippen LogP contribution in [0, 0.1) is 23.2 Å². The Morgan fingerprint density at radius 3 is 2.33 bits per heavy atom. The summed E-state index contributed by atoms with van der Waals surface area (Å²) in [4.78, 5) is 22.1. The van der Waals surface area contributed by atoms with Gasteiger partial charge >= 0.3 is 0 Å². The highest BCUT2D eigenvalue weighted by molar-refractivity contribution is 6.35. The number of ether oxygens (including phenoxy) is 3. The summed E-state index contributed by atoms with van der Waals surface area (Å²) in [6.07, 6.45) is 13.9. The molecule has 4 saturated carbocycles. The first-order valence-electron chi connectivity index (χ1n) is 16.8. The lowest BCUT2D eigenvalue weighted by Gasteiger charge is -2.57. The molecule has 9 rings (SSSR count). The van der Waals surface area contributed by atoms with E-state index in [4.69, 9.17) is 37.4 Å². The number of carbonyl (C=O) groups is 1. The normalized spacial score (nSPS) is 31.9. The highest BCUT2D eigenvalue weighted by Crippen LogP contribution is 2.61. The fraction of sp³-hybridized carbons (Fsp3) is 0.556. The molecule has 2 aliphatic heterocycles. The lowest BCUT2D eigenvalue weighted by atomic mass is 9.49. The first-order valence-corrected chi connectivity index (χ1v) is 17.6. The van der Waals surface area contributed by atoms with Crippen LogP contribution in [-0.2, 0) is 26.6 Å². The zero-order valence-electron chi connectivity index (χ0n) is 26.2. The van der Waals surface area contributed by atoms with Crippen LogP contribution in [0.15, 0.2) is 61.2 Å². The molecule has 2 atom stereocenters. The van der Waals surface area contributed by atoms with Crippen molar-refractivity contribution in [1.82, 2.24) is 14.5 Å². The van der Waals surface area contributed by atoms with Crippen molar-refractivity contribution >= 4 is 34.8 Å². The van der Waals surface area contributed by atoms with E-state index < -0.39 is 5.79 Å². The van der Waals surface area contributed by atoms with E-state index in [2.05, 4.69) is 26.9 Å². The fourth-order valence-corrected chi connectivity index (χ4v) is 10.0. The molecule has 0 radical (unpaired) electrons. The summed E-state index contributed by atoms with van der Waals surface area (Å²) in [7, 11) is 0. The number of aromatic nitrogens is 2. The summed E-state index contributed by atoms with van der Waals surface area (Å²) in [5.41, 5.74) is 2.17. The van der Waals surface area contributed by atoms with Crippen molar-refractivity contribution in [3.8, 4) is 5.75 Å². The molecule has 1 amide bonds. The molecule has 46 heavy (non-hydrogen) atoms. The molecule has 3 aromatic rings. The second-order valence-corrected chi connectivity index (χ2v) is 15.3. The summed E-state index contributed by atoms with van der Waals surface area (Å²) >= 11 is 12.8. The van der Waals surface area contributed by atoms with Crippen LogP contribution in [0.4, 0.5) is 5.69 Å². The minimum Gasteiger partial charge on any atom is -0.491 e. The van der Waals surface area contributed by atoms with Gasteiger partial charge in [-0.2, -0.15) is 0 Å². The van der Waals surface area contributed by atoms with Gasteiger partial charge in [0, 0.05) is 61.3 Å². The number of benzene rings is 2. The van der Waals surface area contributed by atoms with Gasteiger partial charge in [0.15, 0.2) is 0 Å². The minimum atomic E-state index is -1.08. The van der Waals surface area contributed by atoms with Gasteiger partial charge in [-0.15, -0.1) is 0 Å². The molecule has 3 heterocycles. The average Bonchev–Trinajstić information content (AvgIpc) is 3.70. The van der Waals surface area contributed by atoms with Gasteiger partial charge in [0.05, 0.1) is 24.5 Å². The van der Waals surface area contributed by atoms with Crippen molar-refractivity contribution in [2.24, 2.45) is 23.2 Å². The van der Waals surface area contributed by atoms with Gasteiger partial charge in [-0.25, -0.2) is 4.98 Å². The zero-order chi connectivity index (χ0) is 31.3. The van der Waals surface area contributed by atoms with E-state index in [1.54, 1.807) is 24.7 Å². The molecular weight excluding hydrogens is 623 g/mol. The summed E-state index contributed by atoms with van der Waals surface area (Å²) < 4.78 is 20.9. The molecule has 1 aromatic heterocycles. The summed E-state index contributed by atoms with van der Waals surface area (Å²) in [5, 5.41) is 1.04. The second-order valence-electron chi connectivity index (χ2n) is 14.4. The van der Waals surface area contributed by atoms with Gasteiger partial charge in [0.1, 0.15) is 18.5 Å². The third-order valence-electron chi connectivity index (χ3n) is 11.1. The Balaban J connectivity index is 0.840. The quantitative estimate of drug-likeness (QED) is 0.251. The van der Waals surface area contributed by atoms with Crippen LogP contribution < -0.4 is 9.64 Å². The highest BCUT2D eigenvalue weighted by Gasteiger charge is 2.52. The summed E-state index contributed by atoms with van der Waals surface area (Å²) in [5.74, 6) is 2.73. The first kappa shape index (κ1) is 30.5. The molecule has 4 bridgehead atoms. The number of nitrogens with zero attached hydrogens (tertiary/aromatic N) is 4. The number of halogens is 2. The maximum atomic E-state index is 13.4. The van der Waals surface area contributed by atoms with Crippen LogP contribution in [0.3, 0.4) is 0 Å². The highest BCUT2D eigenvalue weighted by atomic mass is 35.5. The van der Waals surface area contributed by atoms with Crippen LogP contribution >= 0.6 is 23.2 Å². The van der Waals surface area contributed by atoms with Crippen LogP contribution in [0.25, 0.3) is 0 Å². The summed E-state index contributed by atoms with van der Waals surface area (Å²) in [6, 6.07) is 13.6. The molecule has 6 aliphatic rings. The number of imidazole rings is 1. The van der Waals surface area contributed by atoms with Crippen molar-refractivity contribution < 1.29 is 19.0 Å². The van der Waals surface area contributed by atoms with Crippen molar-refractivity contribution in [3.63, 3.8) is 0 Å². The zero-order valence-corrected chi connectivity index (χ0v) is 27.7. The fourth-order valence-electron chi connectivity index (χ4n) is 9.47. The van der Waals surface area contributed by atoms with Crippen LogP contribution in [0.2, 0.25) is 10.0 Å². The number of rotatable bonds is 9. The van der Waals surface area contributed by atoms with Crippen LogP contribution in [0.5, 0.6) is 5.75 Å². The lowest BCUT2D eigenvalue weighted by Crippen LogP contribution is -2.52. The van der Waals surface area contributed by atoms with Gasteiger partial charge in [-0.1, -0.05) is 29.3 Å². The molecule has 0 spiro atoms. The predicted molar refractivity (Wildman–Crippen MR) is 177 cm³/mol. The molecule has 6 fully saturated rings. The number of carbonyl (C=O) groups excluding carboxylic acids is 1. The van der Waals surface area contributed by atoms with Crippen LogP contribution in [0.1, 0.15) is 50.5 Å². The van der Waals surface area contributed by atoms with E-state index in [1.165, 1.54) is 38.5 Å². The van der Waals surface area contributed by atoms with E-state index in [0.29, 0.717) is 46.7 Å². The number of anilines is 1. The van der Waals surface area contributed by atoms with E-state index in [-0.39, 0.29) is 6.10 Å². The Labute approximate surface area is 280 Å². The van der Waals surface area contributed by atoms with E-state index >= 15 is 0 Å². The molecular formula is C36H42Cl2N4O4. The molecule has 2 aromatic carbocycles. The van der Waals surface area contributed by atoms with Gasteiger partial charge in [0.2, 0.25) is 11.7 Å². The number of hydrogen-bond donors (Lipinski definition) is 0. The van der Waals surface area contributed by atoms with Gasteiger partial charge in [-0.3, -0.25) is 4.79 Å². The van der Waals surface area contributed by atoms with E-state index in [0.717, 1.165) is 61.8 Å². The Hall–Kier alpha value is -2.78. The number of piperazine rings is 1. The smallest absolute Gasteiger partial charge is 0.223 e. The molecule has 0 N–H and O–H groups in total. The molecule has 8 nitrogen and oxygen atoms in total. The Kier molecular flexibility index (Phi) is 8.20. The second kappa shape index (κ2) is 12.3. The topological polar surface area (TPSA) is 69.1 Å². The van der Waals surface area contributed by atoms with E-state index in [1.807, 2.05) is 29.0 Å². The lowest BCUT2D eigenvalue weighted by molar-refractivity contribution is -0.189. The SMILES string of the molecule is O=C(CC12CC3CC(CC(C3)C1)C2)N1CCN(c2ccc(OC[C@H]3CO[C@](Cn4ccnc4)(c4ccc(Cl)cc4Cl)O3)cc2)CC1. The molecule has 10 heteroatoms. The number of amides is 1. The van der Waals surface area contributed by atoms with Gasteiger partial charge < -0.3 is 28.6 Å². The Morgan fingerprint density at radius 1 is 0.957 bits per heavy atom. The third kappa shape index (κ3) is 6.14. The van der Waals surface area contributed by atoms with Crippen molar-refractivity contribution in [2.75, 3.05) is 44.3 Å². The average molecular weight is 666 g/mol. The van der Waals surface area contributed by atoms with Crippen LogP contribution in [-0.4, -0.2) is 65.9 Å². The Morgan fingerprint density at radius 2 is 1.67 bits per heavy atom. The van der Waals surface area contributed by atoms with E-state index in [9.17, 15) is 4.79 Å². The maximum absolute atomic E-state index is 13.4. The van der Waals surface area contributed by atoms with Crippen molar-refractivity contribution in [2.45, 2.75) is 63.4 Å². The first-order chi connectivity index (χ1) is 22.3. The third-order valence-corrected chi connectivity index (χ3v) is 11.7. The van der Waals surface area contributed by atoms with Gasteiger partial charge in [0.25, 0.3) is 0 Å². The maximum Gasteiger partial charge on any atom is 0.223 e. The molecule has 4 aliphatic carbocycles. The van der Waals surface area contributed by atoms with Crippen molar-refractivity contribution in [1.29, 1.82) is 0 Å². The van der Waals surface area contributed by atoms with Gasteiger partial charge in [-0.05, 0) is 98.1 Å². The minimum absolute atomic E-state index is 0.293. The monoisotopic (exact) mass is 664 g/mol. The number of hydrogen-bond acceptors (Lipinski definition) is 6. The molecule has 0 unspecified atom stereocenters. The standard InChI is InChI=1S/C36H42Cl2N4O4/c37-28-1-6-32(33(38)16-28)36(23-40-8-7-39-24-40)45-22-31(46-36)21-44-30-4-2-29(3-5-30)41-9-11-42(12-10-41)34(43)20-35-17-25-13-26(18-35)15-27(14-25)19-35/h1-8,16,24-27,31H,9-15,17-23H2/t25?,26?,27?,31-,35?,36-/m0/s1. The molecule has 244 valence electrons. The van der Waals surface area contributed by atoms with Crippen molar-refractivity contribution in [3.05, 3.63) is 76.8 Å². The molecule has 2 saturated heterocycles. The Bertz CT molecular complexity index is 1510. The largest absolute Gasteiger partial charge is 0.491 e. The predicted octanol–water partition coefficient (Wildman–Crippen LogP) is 6.79.